The molecule has 0 spiro atoms. The Kier molecular flexibility index (Phi) is 5.59. The predicted molar refractivity (Wildman–Crippen MR) is 118 cm³/mol. The van der Waals surface area contributed by atoms with Gasteiger partial charge in [0.1, 0.15) is 11.6 Å². The summed E-state index contributed by atoms with van der Waals surface area (Å²) in [5, 5.41) is 6.42. The van der Waals surface area contributed by atoms with E-state index in [2.05, 4.69) is 20.6 Å². The molecule has 8 nitrogen and oxygen atoms in total. The lowest BCUT2D eigenvalue weighted by Gasteiger charge is -2.13. The molecule has 0 atom stereocenters. The first kappa shape index (κ1) is 20.4. The molecule has 4 rings (SSSR count). The van der Waals surface area contributed by atoms with Crippen LogP contribution in [0.25, 0.3) is 10.9 Å². The minimum Gasteiger partial charge on any atom is -0.495 e. The molecular formula is C21H18ClFN6O2. The summed E-state index contributed by atoms with van der Waals surface area (Å²) in [4.78, 5) is 20.6. The number of nitrogen functional groups attached to an aromatic ring is 1. The zero-order valence-corrected chi connectivity index (χ0v) is 17.2. The van der Waals surface area contributed by atoms with Crippen molar-refractivity contribution in [3.05, 3.63) is 71.4 Å². The van der Waals surface area contributed by atoms with Crippen molar-refractivity contribution in [3.8, 4) is 5.75 Å². The summed E-state index contributed by atoms with van der Waals surface area (Å²) >= 11 is 6.00. The van der Waals surface area contributed by atoms with Crippen LogP contribution in [0.5, 0.6) is 5.75 Å². The summed E-state index contributed by atoms with van der Waals surface area (Å²) in [6, 6.07) is 10.6. The van der Waals surface area contributed by atoms with E-state index in [1.165, 1.54) is 19.2 Å². The molecule has 2 amide bonds. The Labute approximate surface area is 181 Å². The second kappa shape index (κ2) is 8.49. The Morgan fingerprint density at radius 1 is 1.19 bits per heavy atom. The fraction of sp³-hybridized carbons (Fsp3) is 0.0952. The van der Waals surface area contributed by atoms with Crippen LogP contribution < -0.4 is 21.1 Å². The van der Waals surface area contributed by atoms with E-state index in [1.54, 1.807) is 47.3 Å². The third-order valence-electron chi connectivity index (χ3n) is 4.60. The molecule has 0 saturated carbocycles. The van der Waals surface area contributed by atoms with Crippen molar-refractivity contribution in [2.75, 3.05) is 23.5 Å². The number of hydrogen-bond acceptors (Lipinski definition) is 5. The molecule has 0 aliphatic heterocycles. The van der Waals surface area contributed by atoms with E-state index in [9.17, 15) is 9.18 Å². The number of carbonyl (C=O) groups excluding carboxylic acids is 1. The number of nitrogens with one attached hydrogen (secondary N) is 2. The van der Waals surface area contributed by atoms with Crippen molar-refractivity contribution in [3.63, 3.8) is 0 Å². The fourth-order valence-electron chi connectivity index (χ4n) is 3.25. The zero-order chi connectivity index (χ0) is 22.0. The number of nitrogens with zero attached hydrogens (tertiary/aromatic N) is 3. The topological polar surface area (TPSA) is 107 Å². The van der Waals surface area contributed by atoms with Gasteiger partial charge in [0.05, 0.1) is 36.2 Å². The largest absolute Gasteiger partial charge is 0.495 e. The molecule has 158 valence electrons. The van der Waals surface area contributed by atoms with Crippen LogP contribution in [0.4, 0.5) is 26.5 Å². The van der Waals surface area contributed by atoms with Gasteiger partial charge in [0.15, 0.2) is 0 Å². The summed E-state index contributed by atoms with van der Waals surface area (Å²) in [7, 11) is 1.49. The number of hydrogen-bond donors (Lipinski definition) is 3. The van der Waals surface area contributed by atoms with Gasteiger partial charge in [-0.05, 0) is 42.5 Å². The third kappa shape index (κ3) is 4.36. The lowest BCUT2D eigenvalue weighted by Crippen LogP contribution is -2.20. The van der Waals surface area contributed by atoms with Gasteiger partial charge in [-0.1, -0.05) is 11.6 Å². The van der Waals surface area contributed by atoms with Gasteiger partial charge in [0.25, 0.3) is 0 Å². The Hall–Kier alpha value is -3.85. The maximum atomic E-state index is 14.6. The van der Waals surface area contributed by atoms with Gasteiger partial charge in [-0.2, -0.15) is 0 Å². The highest BCUT2D eigenvalue weighted by Crippen LogP contribution is 2.30. The minimum absolute atomic E-state index is 0.143. The van der Waals surface area contributed by atoms with Crippen LogP contribution in [-0.4, -0.2) is 27.7 Å². The van der Waals surface area contributed by atoms with E-state index >= 15 is 0 Å². The van der Waals surface area contributed by atoms with E-state index in [4.69, 9.17) is 22.1 Å². The number of ether oxygens (including phenoxy) is 1. The quantitative estimate of drug-likeness (QED) is 0.423. The highest BCUT2D eigenvalue weighted by molar-refractivity contribution is 6.31. The number of methoxy groups -OCH3 is 1. The van der Waals surface area contributed by atoms with Crippen LogP contribution in [0.3, 0.4) is 0 Å². The molecule has 2 aromatic heterocycles. The number of carbonyl (C=O) groups is 1. The van der Waals surface area contributed by atoms with Gasteiger partial charge in [0, 0.05) is 22.8 Å². The van der Waals surface area contributed by atoms with Crippen molar-refractivity contribution in [1.82, 2.24) is 14.5 Å². The summed E-state index contributed by atoms with van der Waals surface area (Å²) < 4.78 is 21.6. The fourth-order valence-corrected chi connectivity index (χ4v) is 3.42. The summed E-state index contributed by atoms with van der Waals surface area (Å²) in [6.45, 7) is 0.294. The van der Waals surface area contributed by atoms with Gasteiger partial charge in [-0.15, -0.1) is 0 Å². The van der Waals surface area contributed by atoms with E-state index in [-0.39, 0.29) is 5.95 Å². The molecule has 0 fully saturated rings. The Bertz CT molecular complexity index is 1280. The van der Waals surface area contributed by atoms with Gasteiger partial charge in [-0.25, -0.2) is 19.2 Å². The van der Waals surface area contributed by atoms with E-state index < -0.39 is 11.8 Å². The predicted octanol–water partition coefficient (Wildman–Crippen LogP) is 4.51. The molecule has 2 aromatic carbocycles. The van der Waals surface area contributed by atoms with E-state index in [1.807, 2.05) is 0 Å². The number of nitrogens with two attached hydrogens (primary N) is 1. The summed E-state index contributed by atoms with van der Waals surface area (Å²) in [5.74, 6) is 0.175. The molecule has 0 radical (unpaired) electrons. The zero-order valence-electron chi connectivity index (χ0n) is 16.4. The molecular weight excluding hydrogens is 423 g/mol. The SMILES string of the molecule is COc1ccc(Cl)cc1NC(=O)Nc1ccc(F)c2c1ccn2Cc1ccnc(N)n1. The smallest absolute Gasteiger partial charge is 0.323 e. The van der Waals surface area contributed by atoms with Crippen molar-refractivity contribution in [2.45, 2.75) is 6.54 Å². The van der Waals surface area contributed by atoms with Gasteiger partial charge in [0.2, 0.25) is 5.95 Å². The monoisotopic (exact) mass is 440 g/mol. The molecule has 4 N–H and O–H groups in total. The van der Waals surface area contributed by atoms with Crippen LogP contribution in [0.15, 0.2) is 54.9 Å². The molecule has 0 unspecified atom stereocenters. The van der Waals surface area contributed by atoms with Crippen molar-refractivity contribution in [1.29, 1.82) is 0 Å². The summed E-state index contributed by atoms with van der Waals surface area (Å²) in [5.41, 5.74) is 7.43. The van der Waals surface area contributed by atoms with Crippen molar-refractivity contribution >= 4 is 45.9 Å². The van der Waals surface area contributed by atoms with Gasteiger partial charge in [-0.3, -0.25) is 0 Å². The van der Waals surface area contributed by atoms with E-state index in [0.717, 1.165) is 0 Å². The molecule has 4 aromatic rings. The van der Waals surface area contributed by atoms with Crippen LogP contribution in [0.2, 0.25) is 5.02 Å². The molecule has 0 aliphatic carbocycles. The van der Waals surface area contributed by atoms with Crippen LogP contribution in [-0.2, 0) is 6.54 Å². The minimum atomic E-state index is -0.523. The second-order valence-electron chi connectivity index (χ2n) is 6.63. The first-order chi connectivity index (χ1) is 14.9. The molecule has 2 heterocycles. The van der Waals surface area contributed by atoms with Gasteiger partial charge >= 0.3 is 6.03 Å². The molecule has 0 aliphatic rings. The Morgan fingerprint density at radius 2 is 2.00 bits per heavy atom. The Morgan fingerprint density at radius 3 is 2.77 bits per heavy atom. The second-order valence-corrected chi connectivity index (χ2v) is 7.07. The molecule has 31 heavy (non-hydrogen) atoms. The maximum absolute atomic E-state index is 14.6. The van der Waals surface area contributed by atoms with E-state index in [0.29, 0.717) is 45.3 Å². The number of rotatable bonds is 5. The highest BCUT2D eigenvalue weighted by atomic mass is 35.5. The normalized spacial score (nSPS) is 10.8. The lowest BCUT2D eigenvalue weighted by molar-refractivity contribution is 0.262. The standard InChI is InChI=1S/C21H18ClFN6O2/c1-31-18-5-2-12(22)10-17(18)28-21(30)27-16-4-3-15(23)19-14(16)7-9-29(19)11-13-6-8-25-20(24)26-13/h2-10H,11H2,1H3,(H2,24,25,26)(H2,27,28,30). The average molecular weight is 441 g/mol. The third-order valence-corrected chi connectivity index (χ3v) is 4.83. The molecule has 0 bridgehead atoms. The Balaban J connectivity index is 1.60. The number of benzene rings is 2. The van der Waals surface area contributed by atoms with Crippen LogP contribution in [0, 0.1) is 5.82 Å². The van der Waals surface area contributed by atoms with Crippen LogP contribution in [0.1, 0.15) is 5.69 Å². The number of amides is 2. The first-order valence-corrected chi connectivity index (χ1v) is 9.58. The van der Waals surface area contributed by atoms with Crippen molar-refractivity contribution < 1.29 is 13.9 Å². The number of halogens is 2. The maximum Gasteiger partial charge on any atom is 0.323 e. The molecule has 0 saturated heterocycles. The molecule has 10 heteroatoms. The number of aromatic nitrogens is 3. The number of fused-ring (bicyclic) bond motifs is 1. The van der Waals surface area contributed by atoms with Crippen LogP contribution >= 0.6 is 11.6 Å². The van der Waals surface area contributed by atoms with Gasteiger partial charge < -0.3 is 25.7 Å². The van der Waals surface area contributed by atoms with Crippen molar-refractivity contribution in [2.24, 2.45) is 0 Å². The number of urea groups is 1. The lowest BCUT2D eigenvalue weighted by atomic mass is 10.2. The summed E-state index contributed by atoms with van der Waals surface area (Å²) in [6.07, 6.45) is 3.26. The highest BCUT2D eigenvalue weighted by Gasteiger charge is 2.15. The number of anilines is 3. The first-order valence-electron chi connectivity index (χ1n) is 9.21. The average Bonchev–Trinajstić information content (AvgIpc) is 3.15.